The fourth-order valence-electron chi connectivity index (χ4n) is 1.92. The number of hydrogen-bond acceptors (Lipinski definition) is 4. The number of anilines is 1. The average Bonchev–Trinajstić information content (AvgIpc) is 2.80. The van der Waals surface area contributed by atoms with E-state index in [1.54, 1.807) is 18.2 Å². The summed E-state index contributed by atoms with van der Waals surface area (Å²) in [5, 5.41) is 0. The minimum atomic E-state index is -3.43. The van der Waals surface area contributed by atoms with Crippen molar-refractivity contribution >= 4 is 22.0 Å². The van der Waals surface area contributed by atoms with Gasteiger partial charge in [0.2, 0.25) is 10.0 Å². The summed E-state index contributed by atoms with van der Waals surface area (Å²) in [5.74, 6) is -0.0433. The van der Waals surface area contributed by atoms with E-state index in [1.165, 1.54) is 6.07 Å². The molecule has 1 saturated heterocycles. The maximum atomic E-state index is 11.9. The van der Waals surface area contributed by atoms with Crippen molar-refractivity contribution in [3.05, 3.63) is 29.8 Å². The third-order valence-electron chi connectivity index (χ3n) is 2.73. The molecule has 98 valence electrons. The van der Waals surface area contributed by atoms with E-state index in [0.717, 1.165) is 12.8 Å². The highest BCUT2D eigenvalue weighted by molar-refractivity contribution is 7.92. The van der Waals surface area contributed by atoms with Crippen LogP contribution in [-0.2, 0) is 14.8 Å². The SMILES string of the molecule is O=Cc1cccc(NS(=O)(=O)CC2CCCO2)c1. The second-order valence-corrected chi connectivity index (χ2v) is 6.03. The third-order valence-corrected chi connectivity index (χ3v) is 4.08. The van der Waals surface area contributed by atoms with Crippen molar-refractivity contribution < 1.29 is 17.9 Å². The first-order valence-electron chi connectivity index (χ1n) is 5.76. The van der Waals surface area contributed by atoms with Crippen LogP contribution in [0.15, 0.2) is 24.3 Å². The Hall–Kier alpha value is -1.40. The molecule has 5 nitrogen and oxygen atoms in total. The van der Waals surface area contributed by atoms with Crippen LogP contribution in [0.2, 0.25) is 0 Å². The summed E-state index contributed by atoms with van der Waals surface area (Å²) in [5.41, 5.74) is 0.838. The summed E-state index contributed by atoms with van der Waals surface area (Å²) >= 11 is 0. The van der Waals surface area contributed by atoms with Crippen LogP contribution in [0.5, 0.6) is 0 Å². The van der Waals surface area contributed by atoms with Gasteiger partial charge in [-0.2, -0.15) is 0 Å². The quantitative estimate of drug-likeness (QED) is 0.820. The van der Waals surface area contributed by atoms with Crippen molar-refractivity contribution in [3.63, 3.8) is 0 Å². The van der Waals surface area contributed by atoms with Crippen LogP contribution in [0.25, 0.3) is 0 Å². The van der Waals surface area contributed by atoms with Gasteiger partial charge < -0.3 is 4.74 Å². The van der Waals surface area contributed by atoms with Crippen molar-refractivity contribution in [2.75, 3.05) is 17.1 Å². The predicted molar refractivity (Wildman–Crippen MR) is 68.2 cm³/mol. The molecular weight excluding hydrogens is 254 g/mol. The van der Waals surface area contributed by atoms with Crippen LogP contribution in [-0.4, -0.2) is 33.2 Å². The van der Waals surface area contributed by atoms with E-state index in [-0.39, 0.29) is 11.9 Å². The first-order valence-corrected chi connectivity index (χ1v) is 7.42. The Morgan fingerprint density at radius 2 is 2.28 bits per heavy atom. The molecule has 1 heterocycles. The van der Waals surface area contributed by atoms with Gasteiger partial charge >= 0.3 is 0 Å². The van der Waals surface area contributed by atoms with Crippen molar-refractivity contribution in [2.24, 2.45) is 0 Å². The summed E-state index contributed by atoms with van der Waals surface area (Å²) in [6.07, 6.45) is 2.13. The van der Waals surface area contributed by atoms with Crippen LogP contribution < -0.4 is 4.72 Å². The zero-order valence-electron chi connectivity index (χ0n) is 9.83. The largest absolute Gasteiger partial charge is 0.377 e. The van der Waals surface area contributed by atoms with Crippen molar-refractivity contribution in [1.82, 2.24) is 0 Å². The average molecular weight is 269 g/mol. The number of carbonyl (C=O) groups is 1. The Labute approximate surface area is 106 Å². The highest BCUT2D eigenvalue weighted by atomic mass is 32.2. The summed E-state index contributed by atoms with van der Waals surface area (Å²) in [4.78, 5) is 10.6. The highest BCUT2D eigenvalue weighted by Crippen LogP contribution is 2.16. The highest BCUT2D eigenvalue weighted by Gasteiger charge is 2.23. The first kappa shape index (κ1) is 13.0. The maximum Gasteiger partial charge on any atom is 0.235 e. The van der Waals surface area contributed by atoms with E-state index in [1.807, 2.05) is 0 Å². The molecule has 1 fully saturated rings. The molecule has 1 N–H and O–H groups in total. The second kappa shape index (κ2) is 5.49. The molecule has 0 aromatic heterocycles. The monoisotopic (exact) mass is 269 g/mol. The van der Waals surface area contributed by atoms with Gasteiger partial charge in [-0.15, -0.1) is 0 Å². The van der Waals surface area contributed by atoms with Crippen LogP contribution >= 0.6 is 0 Å². The topological polar surface area (TPSA) is 72.5 Å². The van der Waals surface area contributed by atoms with Gasteiger partial charge in [-0.05, 0) is 25.0 Å². The summed E-state index contributed by atoms with van der Waals surface area (Å²) < 4.78 is 31.5. The number of sulfonamides is 1. The molecule has 2 rings (SSSR count). The molecule has 1 aliphatic heterocycles. The van der Waals surface area contributed by atoms with Gasteiger partial charge in [0.1, 0.15) is 6.29 Å². The van der Waals surface area contributed by atoms with E-state index in [4.69, 9.17) is 4.74 Å². The molecule has 0 spiro atoms. The molecule has 0 amide bonds. The molecule has 1 aromatic rings. The van der Waals surface area contributed by atoms with Gasteiger partial charge in [0, 0.05) is 17.9 Å². The molecule has 18 heavy (non-hydrogen) atoms. The molecule has 1 unspecified atom stereocenters. The van der Waals surface area contributed by atoms with Crippen LogP contribution in [0.4, 0.5) is 5.69 Å². The Morgan fingerprint density at radius 1 is 1.44 bits per heavy atom. The fourth-order valence-corrected chi connectivity index (χ4v) is 3.24. The minimum Gasteiger partial charge on any atom is -0.377 e. The summed E-state index contributed by atoms with van der Waals surface area (Å²) in [6, 6.07) is 6.36. The number of nitrogens with one attached hydrogen (secondary N) is 1. The molecule has 0 radical (unpaired) electrons. The van der Waals surface area contributed by atoms with E-state index in [9.17, 15) is 13.2 Å². The normalized spacial score (nSPS) is 19.7. The zero-order chi connectivity index (χ0) is 13.0. The maximum absolute atomic E-state index is 11.9. The molecular formula is C12H15NO4S. The molecule has 6 heteroatoms. The minimum absolute atomic E-state index is 0.0433. The van der Waals surface area contributed by atoms with Gasteiger partial charge in [0.25, 0.3) is 0 Å². The number of carbonyl (C=O) groups excluding carboxylic acids is 1. The second-order valence-electron chi connectivity index (χ2n) is 4.26. The van der Waals surface area contributed by atoms with Crippen molar-refractivity contribution in [3.8, 4) is 0 Å². The first-order chi connectivity index (χ1) is 8.59. The molecule has 1 aliphatic rings. The van der Waals surface area contributed by atoms with Crippen LogP contribution in [0, 0.1) is 0 Å². The van der Waals surface area contributed by atoms with E-state index >= 15 is 0 Å². The van der Waals surface area contributed by atoms with E-state index in [0.29, 0.717) is 24.1 Å². The van der Waals surface area contributed by atoms with Crippen LogP contribution in [0.3, 0.4) is 0 Å². The lowest BCUT2D eigenvalue weighted by Gasteiger charge is -2.12. The van der Waals surface area contributed by atoms with Gasteiger partial charge in [-0.25, -0.2) is 8.42 Å². The number of hydrogen-bond donors (Lipinski definition) is 1. The Balaban J connectivity index is 2.04. The van der Waals surface area contributed by atoms with Crippen LogP contribution in [0.1, 0.15) is 23.2 Å². The van der Waals surface area contributed by atoms with Gasteiger partial charge in [-0.1, -0.05) is 12.1 Å². The van der Waals surface area contributed by atoms with E-state index < -0.39 is 10.0 Å². The third kappa shape index (κ3) is 3.54. The lowest BCUT2D eigenvalue weighted by molar-refractivity contribution is 0.112. The number of benzene rings is 1. The van der Waals surface area contributed by atoms with Crippen molar-refractivity contribution in [1.29, 1.82) is 0 Å². The Bertz CT molecular complexity index is 521. The molecule has 1 aromatic carbocycles. The number of rotatable bonds is 5. The standard InChI is InChI=1S/C12H15NO4S/c14-8-10-3-1-4-11(7-10)13-18(15,16)9-12-5-2-6-17-12/h1,3-4,7-8,12-13H,2,5-6,9H2. The molecule has 0 saturated carbocycles. The molecule has 0 bridgehead atoms. The van der Waals surface area contributed by atoms with Crippen molar-refractivity contribution in [2.45, 2.75) is 18.9 Å². The van der Waals surface area contributed by atoms with E-state index in [2.05, 4.69) is 4.72 Å². The van der Waals surface area contributed by atoms with Gasteiger partial charge in [0.05, 0.1) is 11.9 Å². The fraction of sp³-hybridized carbons (Fsp3) is 0.417. The number of aldehydes is 1. The Kier molecular flexibility index (Phi) is 3.98. The smallest absolute Gasteiger partial charge is 0.235 e. The number of ether oxygens (including phenoxy) is 1. The lowest BCUT2D eigenvalue weighted by atomic mass is 10.2. The van der Waals surface area contributed by atoms with Gasteiger partial charge in [-0.3, -0.25) is 9.52 Å². The lowest BCUT2D eigenvalue weighted by Crippen LogP contribution is -2.25. The van der Waals surface area contributed by atoms with Gasteiger partial charge in [0.15, 0.2) is 0 Å². The summed E-state index contributed by atoms with van der Waals surface area (Å²) in [7, 11) is -3.43. The predicted octanol–water partition coefficient (Wildman–Crippen LogP) is 1.42. The zero-order valence-corrected chi connectivity index (χ0v) is 10.7. The summed E-state index contributed by atoms with van der Waals surface area (Å²) in [6.45, 7) is 0.626. The molecule has 0 aliphatic carbocycles. The Morgan fingerprint density at radius 3 is 2.94 bits per heavy atom. The molecule has 1 atom stereocenters.